The summed E-state index contributed by atoms with van der Waals surface area (Å²) in [6.07, 6.45) is 1.88. The van der Waals surface area contributed by atoms with Gasteiger partial charge in [0, 0.05) is 31.1 Å². The van der Waals surface area contributed by atoms with Crippen molar-refractivity contribution in [3.63, 3.8) is 0 Å². The second kappa shape index (κ2) is 11.5. The second-order valence-corrected chi connectivity index (χ2v) is 7.86. The maximum absolute atomic E-state index is 11.8. The standard InChI is InChI=1S/C19H30N2O3S/c1-16(2)13-21(25-18-7-4-3-5-8-18)11-6-10-20-19(22)15-24-17-9-12-23-14-17/h3-5,7-8,16-17H,6,9-15H2,1-2H3,(H,20,22). The van der Waals surface area contributed by atoms with Gasteiger partial charge in [0.15, 0.2) is 0 Å². The molecule has 1 unspecified atom stereocenters. The predicted octanol–water partition coefficient (Wildman–Crippen LogP) is 2.96. The molecule has 0 bridgehead atoms. The molecule has 1 aromatic rings. The number of hydrogen-bond acceptors (Lipinski definition) is 5. The topological polar surface area (TPSA) is 50.8 Å². The average molecular weight is 367 g/mol. The summed E-state index contributed by atoms with van der Waals surface area (Å²) in [5, 5.41) is 2.94. The number of amides is 1. The molecule has 0 aromatic heterocycles. The number of benzene rings is 1. The summed E-state index contributed by atoms with van der Waals surface area (Å²) in [6, 6.07) is 10.4. The van der Waals surface area contributed by atoms with Crippen LogP contribution in [0.1, 0.15) is 26.7 Å². The Kier molecular flexibility index (Phi) is 9.32. The molecule has 1 fully saturated rings. The van der Waals surface area contributed by atoms with Gasteiger partial charge < -0.3 is 14.8 Å². The van der Waals surface area contributed by atoms with Gasteiger partial charge in [0.25, 0.3) is 0 Å². The van der Waals surface area contributed by atoms with Crippen LogP contribution in [0, 0.1) is 5.92 Å². The van der Waals surface area contributed by atoms with Crippen molar-refractivity contribution in [1.82, 2.24) is 9.62 Å². The van der Waals surface area contributed by atoms with Gasteiger partial charge in [-0.1, -0.05) is 32.0 Å². The first kappa shape index (κ1) is 20.2. The molecule has 1 aliphatic rings. The number of carbonyl (C=O) groups is 1. The lowest BCUT2D eigenvalue weighted by atomic mass is 10.2. The molecule has 1 heterocycles. The number of nitrogens with zero attached hydrogens (tertiary/aromatic N) is 1. The third kappa shape index (κ3) is 8.72. The molecule has 1 aliphatic heterocycles. The number of rotatable bonds is 11. The van der Waals surface area contributed by atoms with Gasteiger partial charge >= 0.3 is 0 Å². The van der Waals surface area contributed by atoms with E-state index in [1.54, 1.807) is 11.9 Å². The highest BCUT2D eigenvalue weighted by molar-refractivity contribution is 7.97. The fourth-order valence-electron chi connectivity index (χ4n) is 2.58. The Morgan fingerprint density at radius 2 is 2.20 bits per heavy atom. The summed E-state index contributed by atoms with van der Waals surface area (Å²) in [4.78, 5) is 13.1. The zero-order valence-corrected chi connectivity index (χ0v) is 16.1. The predicted molar refractivity (Wildman–Crippen MR) is 102 cm³/mol. The molecule has 1 N–H and O–H groups in total. The maximum Gasteiger partial charge on any atom is 0.246 e. The van der Waals surface area contributed by atoms with Gasteiger partial charge in [0.2, 0.25) is 5.91 Å². The summed E-state index contributed by atoms with van der Waals surface area (Å²) < 4.78 is 13.1. The van der Waals surface area contributed by atoms with Crippen molar-refractivity contribution < 1.29 is 14.3 Å². The van der Waals surface area contributed by atoms with Crippen LogP contribution in [0.4, 0.5) is 0 Å². The molecule has 140 valence electrons. The van der Waals surface area contributed by atoms with E-state index in [9.17, 15) is 4.79 Å². The number of ether oxygens (including phenoxy) is 2. The summed E-state index contributed by atoms with van der Waals surface area (Å²) in [7, 11) is 0. The van der Waals surface area contributed by atoms with Gasteiger partial charge in [0.05, 0.1) is 12.7 Å². The Labute approximate surface area is 155 Å². The van der Waals surface area contributed by atoms with E-state index < -0.39 is 0 Å². The molecule has 6 heteroatoms. The zero-order chi connectivity index (χ0) is 17.9. The highest BCUT2D eigenvalue weighted by Gasteiger charge is 2.17. The normalized spacial score (nSPS) is 17.4. The molecule has 1 amide bonds. The van der Waals surface area contributed by atoms with Crippen LogP contribution >= 0.6 is 11.9 Å². The third-order valence-corrected chi connectivity index (χ3v) is 4.86. The van der Waals surface area contributed by atoms with Crippen LogP contribution in [-0.2, 0) is 14.3 Å². The Balaban J connectivity index is 1.63. The molecule has 1 saturated heterocycles. The molecule has 5 nitrogen and oxygen atoms in total. The van der Waals surface area contributed by atoms with Crippen molar-refractivity contribution in [3.8, 4) is 0 Å². The van der Waals surface area contributed by atoms with Crippen molar-refractivity contribution in [2.45, 2.75) is 37.7 Å². The minimum Gasteiger partial charge on any atom is -0.379 e. The first-order valence-electron chi connectivity index (χ1n) is 9.07. The third-order valence-electron chi connectivity index (χ3n) is 3.79. The van der Waals surface area contributed by atoms with Gasteiger partial charge in [-0.15, -0.1) is 0 Å². The van der Waals surface area contributed by atoms with E-state index in [1.807, 2.05) is 6.07 Å². The number of hydrogen-bond donors (Lipinski definition) is 1. The van der Waals surface area contributed by atoms with E-state index in [0.29, 0.717) is 19.1 Å². The fraction of sp³-hybridized carbons (Fsp3) is 0.632. The molecular formula is C19H30N2O3S. The molecule has 2 rings (SSSR count). The SMILES string of the molecule is CC(C)CN(CCCNC(=O)COC1CCOC1)Sc1ccccc1. The Bertz CT molecular complexity index is 493. The minimum atomic E-state index is -0.0435. The van der Waals surface area contributed by atoms with Crippen molar-refractivity contribution in [1.29, 1.82) is 0 Å². The van der Waals surface area contributed by atoms with Crippen molar-refractivity contribution >= 4 is 17.9 Å². The molecule has 1 atom stereocenters. The maximum atomic E-state index is 11.8. The molecule has 1 aromatic carbocycles. The van der Waals surface area contributed by atoms with Crippen LogP contribution in [0.3, 0.4) is 0 Å². The van der Waals surface area contributed by atoms with Crippen LogP contribution in [0.15, 0.2) is 35.2 Å². The molecular weight excluding hydrogens is 336 g/mol. The lowest BCUT2D eigenvalue weighted by Gasteiger charge is -2.23. The minimum absolute atomic E-state index is 0.0435. The van der Waals surface area contributed by atoms with Crippen LogP contribution in [0.25, 0.3) is 0 Å². The van der Waals surface area contributed by atoms with Crippen LogP contribution < -0.4 is 5.32 Å². The Morgan fingerprint density at radius 1 is 1.40 bits per heavy atom. The van der Waals surface area contributed by atoms with Gasteiger partial charge in [-0.2, -0.15) is 0 Å². The number of carbonyl (C=O) groups excluding carboxylic acids is 1. The van der Waals surface area contributed by atoms with E-state index >= 15 is 0 Å². The highest BCUT2D eigenvalue weighted by atomic mass is 32.2. The van der Waals surface area contributed by atoms with Crippen molar-refractivity contribution in [3.05, 3.63) is 30.3 Å². The monoisotopic (exact) mass is 366 g/mol. The fourth-order valence-corrected chi connectivity index (χ4v) is 3.75. The van der Waals surface area contributed by atoms with Gasteiger partial charge in [0.1, 0.15) is 6.61 Å². The molecule has 25 heavy (non-hydrogen) atoms. The second-order valence-electron chi connectivity index (χ2n) is 6.69. The summed E-state index contributed by atoms with van der Waals surface area (Å²) >= 11 is 1.78. The van der Waals surface area contributed by atoms with Crippen molar-refractivity contribution in [2.24, 2.45) is 5.92 Å². The van der Waals surface area contributed by atoms with Crippen LogP contribution in [0.5, 0.6) is 0 Å². The zero-order valence-electron chi connectivity index (χ0n) is 15.3. The summed E-state index contributed by atoms with van der Waals surface area (Å²) in [5.74, 6) is 0.561. The van der Waals surface area contributed by atoms with E-state index in [4.69, 9.17) is 9.47 Å². The van der Waals surface area contributed by atoms with Crippen molar-refractivity contribution in [2.75, 3.05) is 39.5 Å². The van der Waals surface area contributed by atoms with Gasteiger partial charge in [-0.25, -0.2) is 4.31 Å². The first-order valence-corrected chi connectivity index (χ1v) is 9.85. The summed E-state index contributed by atoms with van der Waals surface area (Å²) in [6.45, 7) is 8.56. The summed E-state index contributed by atoms with van der Waals surface area (Å²) in [5.41, 5.74) is 0. The van der Waals surface area contributed by atoms with Crippen LogP contribution in [-0.4, -0.2) is 55.8 Å². The van der Waals surface area contributed by atoms with E-state index in [2.05, 4.69) is 47.7 Å². The molecule has 0 radical (unpaired) electrons. The Hall–Kier alpha value is -1.08. The molecule has 0 aliphatic carbocycles. The van der Waals surface area contributed by atoms with Crippen LogP contribution in [0.2, 0.25) is 0 Å². The lowest BCUT2D eigenvalue weighted by Crippen LogP contribution is -2.32. The largest absolute Gasteiger partial charge is 0.379 e. The molecule has 0 spiro atoms. The Morgan fingerprint density at radius 3 is 2.88 bits per heavy atom. The highest BCUT2D eigenvalue weighted by Crippen LogP contribution is 2.23. The lowest BCUT2D eigenvalue weighted by molar-refractivity contribution is -0.127. The smallest absolute Gasteiger partial charge is 0.246 e. The molecule has 0 saturated carbocycles. The van der Waals surface area contributed by atoms with E-state index in [0.717, 1.165) is 32.5 Å². The first-order chi connectivity index (χ1) is 12.1. The van der Waals surface area contributed by atoms with E-state index in [1.165, 1.54) is 4.90 Å². The average Bonchev–Trinajstić information content (AvgIpc) is 3.11. The number of nitrogens with one attached hydrogen (secondary N) is 1. The van der Waals surface area contributed by atoms with Gasteiger partial charge in [-0.3, -0.25) is 4.79 Å². The van der Waals surface area contributed by atoms with E-state index in [-0.39, 0.29) is 18.6 Å². The van der Waals surface area contributed by atoms with Gasteiger partial charge in [-0.05, 0) is 42.8 Å². The quantitative estimate of drug-likeness (QED) is 0.482.